The molecule has 12 heteroatoms. The predicted octanol–water partition coefficient (Wildman–Crippen LogP) is 11.4. The first-order valence-electron chi connectivity index (χ1n) is 21.7. The Bertz CT molecular complexity index is 1140. The average Bonchev–Trinajstić information content (AvgIpc) is 3.17. The normalized spacial score (nSPS) is 14.2. The monoisotopic (exact) mass is 812 g/mol. The van der Waals surface area contributed by atoms with Crippen molar-refractivity contribution < 1.29 is 47.5 Å². The molecule has 56 heavy (non-hydrogen) atoms. The molecule has 0 aliphatic heterocycles. The van der Waals surface area contributed by atoms with Gasteiger partial charge in [-0.25, -0.2) is 4.57 Å². The lowest BCUT2D eigenvalue weighted by Gasteiger charge is -2.20. The van der Waals surface area contributed by atoms with E-state index in [0.717, 1.165) is 96.3 Å². The molecule has 0 bridgehead atoms. The minimum Gasteiger partial charge on any atom is -0.480 e. The van der Waals surface area contributed by atoms with Crippen molar-refractivity contribution in [3.05, 3.63) is 48.6 Å². The molecule has 0 radical (unpaired) electrons. The van der Waals surface area contributed by atoms with E-state index < -0.39 is 51.1 Å². The van der Waals surface area contributed by atoms with Crippen molar-refractivity contribution in [2.75, 3.05) is 19.8 Å². The van der Waals surface area contributed by atoms with Crippen molar-refractivity contribution in [3.8, 4) is 0 Å². The van der Waals surface area contributed by atoms with Crippen molar-refractivity contribution in [2.45, 2.75) is 193 Å². The number of hydrogen-bond donors (Lipinski definition) is 3. The van der Waals surface area contributed by atoms with Gasteiger partial charge in [0.15, 0.2) is 6.10 Å². The molecule has 0 heterocycles. The number of allylic oxidation sites excluding steroid dienone is 8. The molecule has 3 unspecified atom stereocenters. The molecular formula is C44H78NO10P. The minimum absolute atomic E-state index is 0.147. The molecule has 0 fully saturated rings. The van der Waals surface area contributed by atoms with Gasteiger partial charge in [0.1, 0.15) is 12.6 Å². The molecular weight excluding hydrogens is 733 g/mol. The number of esters is 2. The maximum absolute atomic E-state index is 12.6. The van der Waals surface area contributed by atoms with E-state index >= 15 is 0 Å². The highest BCUT2D eigenvalue weighted by Gasteiger charge is 2.28. The van der Waals surface area contributed by atoms with Crippen LogP contribution >= 0.6 is 7.82 Å². The molecule has 3 atom stereocenters. The van der Waals surface area contributed by atoms with Gasteiger partial charge in [0.25, 0.3) is 0 Å². The summed E-state index contributed by atoms with van der Waals surface area (Å²) in [4.78, 5) is 45.9. The summed E-state index contributed by atoms with van der Waals surface area (Å²) in [6.07, 6.45) is 43.1. The van der Waals surface area contributed by atoms with Crippen molar-refractivity contribution in [3.63, 3.8) is 0 Å². The SMILES string of the molecule is CC/C=C\C/C=C\C/C=C\CCCCCCCCCC(=O)OC(COC(=O)CCCCCCC/C=C\CCCCCCCC)COP(=O)(O)OCC(N)C(=O)O. The third-order valence-corrected chi connectivity index (χ3v) is 10.0. The summed E-state index contributed by atoms with van der Waals surface area (Å²) in [5.41, 5.74) is 5.33. The van der Waals surface area contributed by atoms with Crippen LogP contribution in [0.25, 0.3) is 0 Å². The van der Waals surface area contributed by atoms with E-state index in [4.69, 9.17) is 24.8 Å². The van der Waals surface area contributed by atoms with Crippen LogP contribution in [-0.2, 0) is 37.5 Å². The molecule has 0 spiro atoms. The minimum atomic E-state index is -4.72. The first kappa shape index (κ1) is 53.4. The number of carbonyl (C=O) groups excluding carboxylic acids is 2. The van der Waals surface area contributed by atoms with Crippen LogP contribution in [0.15, 0.2) is 48.6 Å². The van der Waals surface area contributed by atoms with E-state index in [9.17, 15) is 23.8 Å². The fourth-order valence-corrected chi connectivity index (χ4v) is 6.44. The van der Waals surface area contributed by atoms with Gasteiger partial charge in [0, 0.05) is 12.8 Å². The molecule has 0 aromatic rings. The van der Waals surface area contributed by atoms with Crippen LogP contribution in [-0.4, -0.2) is 59.9 Å². The van der Waals surface area contributed by atoms with Gasteiger partial charge in [-0.3, -0.25) is 23.4 Å². The van der Waals surface area contributed by atoms with Gasteiger partial charge < -0.3 is 25.2 Å². The number of hydrogen-bond acceptors (Lipinski definition) is 9. The molecule has 0 saturated heterocycles. The molecule has 4 N–H and O–H groups in total. The summed E-state index contributed by atoms with van der Waals surface area (Å²) < 4.78 is 32.7. The summed E-state index contributed by atoms with van der Waals surface area (Å²) in [7, 11) is -4.72. The predicted molar refractivity (Wildman–Crippen MR) is 226 cm³/mol. The van der Waals surface area contributed by atoms with E-state index in [0.29, 0.717) is 12.8 Å². The van der Waals surface area contributed by atoms with Gasteiger partial charge in [0.05, 0.1) is 13.2 Å². The number of rotatable bonds is 40. The maximum Gasteiger partial charge on any atom is 0.472 e. The number of ether oxygens (including phenoxy) is 2. The van der Waals surface area contributed by atoms with E-state index in [1.54, 1.807) is 0 Å². The zero-order valence-corrected chi connectivity index (χ0v) is 35.9. The summed E-state index contributed by atoms with van der Waals surface area (Å²) >= 11 is 0. The zero-order chi connectivity index (χ0) is 41.4. The Morgan fingerprint density at radius 2 is 1.00 bits per heavy atom. The lowest BCUT2D eigenvalue weighted by Crippen LogP contribution is -2.34. The summed E-state index contributed by atoms with van der Waals surface area (Å²) in [5, 5.41) is 8.89. The van der Waals surface area contributed by atoms with Crippen LogP contribution in [0, 0.1) is 0 Å². The van der Waals surface area contributed by atoms with Gasteiger partial charge in [-0.1, -0.05) is 146 Å². The molecule has 0 amide bonds. The summed E-state index contributed by atoms with van der Waals surface area (Å²) in [6.45, 7) is 2.67. The summed E-state index contributed by atoms with van der Waals surface area (Å²) in [5.74, 6) is -2.40. The quantitative estimate of drug-likeness (QED) is 0.0233. The number of aliphatic carboxylic acids is 1. The Balaban J connectivity index is 4.39. The highest BCUT2D eigenvalue weighted by atomic mass is 31.2. The fraction of sp³-hybridized carbons (Fsp3) is 0.750. The molecule has 0 aliphatic carbocycles. The number of carbonyl (C=O) groups is 3. The highest BCUT2D eigenvalue weighted by molar-refractivity contribution is 7.47. The molecule has 0 aromatic carbocycles. The summed E-state index contributed by atoms with van der Waals surface area (Å²) in [6, 6.07) is -1.52. The van der Waals surface area contributed by atoms with E-state index in [2.05, 4.69) is 67.0 Å². The number of phosphoric ester groups is 1. The second kappa shape index (κ2) is 39.3. The highest BCUT2D eigenvalue weighted by Crippen LogP contribution is 2.43. The Hall–Kier alpha value is -2.56. The van der Waals surface area contributed by atoms with Gasteiger partial charge in [-0.15, -0.1) is 0 Å². The first-order valence-corrected chi connectivity index (χ1v) is 23.2. The third-order valence-electron chi connectivity index (χ3n) is 9.06. The Kier molecular flexibility index (Phi) is 37.5. The smallest absolute Gasteiger partial charge is 0.472 e. The van der Waals surface area contributed by atoms with E-state index in [-0.39, 0.29) is 19.4 Å². The topological polar surface area (TPSA) is 172 Å². The number of carboxylic acids is 1. The zero-order valence-electron chi connectivity index (χ0n) is 35.0. The van der Waals surface area contributed by atoms with Gasteiger partial charge in [-0.05, 0) is 70.6 Å². The maximum atomic E-state index is 12.6. The van der Waals surface area contributed by atoms with Gasteiger partial charge in [0.2, 0.25) is 0 Å². The average molecular weight is 812 g/mol. The fourth-order valence-electron chi connectivity index (χ4n) is 5.66. The van der Waals surface area contributed by atoms with Crippen LogP contribution in [0.5, 0.6) is 0 Å². The number of nitrogens with two attached hydrogens (primary N) is 1. The number of unbranched alkanes of at least 4 members (excludes halogenated alkanes) is 18. The van der Waals surface area contributed by atoms with Gasteiger partial charge >= 0.3 is 25.7 Å². The third kappa shape index (κ3) is 38.3. The first-order chi connectivity index (χ1) is 27.1. The second-order valence-corrected chi connectivity index (χ2v) is 15.9. The van der Waals surface area contributed by atoms with Gasteiger partial charge in [-0.2, -0.15) is 0 Å². The molecule has 0 rings (SSSR count). The number of carboxylic acid groups (broad SMARTS) is 1. The second-order valence-electron chi connectivity index (χ2n) is 14.4. The van der Waals surface area contributed by atoms with Crippen molar-refractivity contribution in [2.24, 2.45) is 5.73 Å². The van der Waals surface area contributed by atoms with E-state index in [1.807, 2.05) is 0 Å². The lowest BCUT2D eigenvalue weighted by molar-refractivity contribution is -0.161. The molecule has 11 nitrogen and oxygen atoms in total. The Morgan fingerprint density at radius 3 is 1.52 bits per heavy atom. The van der Waals surface area contributed by atoms with Crippen LogP contribution in [0.1, 0.15) is 181 Å². The van der Waals surface area contributed by atoms with Crippen LogP contribution in [0.2, 0.25) is 0 Å². The molecule has 324 valence electrons. The van der Waals surface area contributed by atoms with Crippen LogP contribution < -0.4 is 5.73 Å². The van der Waals surface area contributed by atoms with Crippen molar-refractivity contribution in [1.29, 1.82) is 0 Å². The van der Waals surface area contributed by atoms with Crippen molar-refractivity contribution in [1.82, 2.24) is 0 Å². The molecule has 0 aromatic heterocycles. The Labute approximate surface area is 339 Å². The number of phosphoric acid groups is 1. The van der Waals surface area contributed by atoms with E-state index in [1.165, 1.54) is 44.9 Å². The standard InChI is InChI=1S/C44H78NO10P/c1-3-5-7-9-11-13-15-17-19-20-22-24-26-28-30-32-34-36-43(47)55-40(38-53-56(50,51)54-39-41(45)44(48)49)37-52-42(46)35-33-31-29-27-25-23-21-18-16-14-12-10-8-6-4-2/h5,7,11,13,17-19,21,40-41H,3-4,6,8-10,12,14-16,20,22-39,45H2,1-2H3,(H,48,49)(H,50,51)/b7-5-,13-11-,19-17-,21-18-. The van der Waals surface area contributed by atoms with Crippen molar-refractivity contribution >= 4 is 25.7 Å². The van der Waals surface area contributed by atoms with Crippen LogP contribution in [0.3, 0.4) is 0 Å². The van der Waals surface area contributed by atoms with Crippen LogP contribution in [0.4, 0.5) is 0 Å². The lowest BCUT2D eigenvalue weighted by atomic mass is 10.1. The Morgan fingerprint density at radius 1 is 0.571 bits per heavy atom. The largest absolute Gasteiger partial charge is 0.480 e. The molecule has 0 aliphatic rings. The molecule has 0 saturated carbocycles.